The van der Waals surface area contributed by atoms with Gasteiger partial charge < -0.3 is 0 Å². The highest BCUT2D eigenvalue weighted by atomic mass is 16.1. The van der Waals surface area contributed by atoms with E-state index in [0.29, 0.717) is 5.92 Å². The molecule has 0 atom stereocenters. The zero-order chi connectivity index (χ0) is 15.1. The predicted octanol–water partition coefficient (Wildman–Crippen LogP) is 5.15. The lowest BCUT2D eigenvalue weighted by molar-refractivity contribution is 0.103. The summed E-state index contributed by atoms with van der Waals surface area (Å²) >= 11 is 0. The number of hydrogen-bond donors (Lipinski definition) is 0. The minimum Gasteiger partial charge on any atom is -0.289 e. The molecule has 1 heteroatoms. The molecule has 21 heavy (non-hydrogen) atoms. The Morgan fingerprint density at radius 3 is 1.90 bits per heavy atom. The lowest BCUT2D eigenvalue weighted by Gasteiger charge is -2.13. The Morgan fingerprint density at radius 1 is 0.857 bits per heavy atom. The first-order valence-electron chi connectivity index (χ1n) is 7.17. The monoisotopic (exact) mass is 276 g/mol. The molecule has 0 spiro atoms. The Bertz CT molecular complexity index is 598. The quantitative estimate of drug-likeness (QED) is 0.504. The van der Waals surface area contributed by atoms with Crippen molar-refractivity contribution in [2.24, 2.45) is 0 Å². The molecule has 0 heterocycles. The molecular weight excluding hydrogens is 256 g/mol. The van der Waals surface area contributed by atoms with Crippen LogP contribution < -0.4 is 0 Å². The van der Waals surface area contributed by atoms with Gasteiger partial charge in [-0.1, -0.05) is 66.7 Å². The Balaban J connectivity index is 2.20. The summed E-state index contributed by atoms with van der Waals surface area (Å²) in [6.07, 6.45) is 5.68. The van der Waals surface area contributed by atoms with Crippen LogP contribution in [-0.2, 0) is 0 Å². The van der Waals surface area contributed by atoms with Gasteiger partial charge in [-0.15, -0.1) is 13.2 Å². The fourth-order valence-corrected chi connectivity index (χ4v) is 2.43. The molecule has 0 amide bonds. The van der Waals surface area contributed by atoms with E-state index in [4.69, 9.17) is 0 Å². The maximum atomic E-state index is 12.3. The molecule has 0 fully saturated rings. The summed E-state index contributed by atoms with van der Waals surface area (Å²) in [5.74, 6) is 0.451. The second-order valence-corrected chi connectivity index (χ2v) is 5.06. The standard InChI is InChI=1S/C20H20O/c1-3-8-16(9-4-2)17-12-14-19(15-13-17)20(21)18-10-6-5-7-11-18/h3-7,10-16H,1-2,8-9H2. The molecule has 106 valence electrons. The van der Waals surface area contributed by atoms with Crippen molar-refractivity contribution in [1.29, 1.82) is 0 Å². The molecule has 0 aliphatic heterocycles. The van der Waals surface area contributed by atoms with E-state index < -0.39 is 0 Å². The van der Waals surface area contributed by atoms with Crippen molar-refractivity contribution in [2.45, 2.75) is 18.8 Å². The first-order chi connectivity index (χ1) is 10.3. The average Bonchev–Trinajstić information content (AvgIpc) is 2.55. The molecule has 0 aliphatic carbocycles. The zero-order valence-electron chi connectivity index (χ0n) is 12.2. The van der Waals surface area contributed by atoms with Crippen molar-refractivity contribution < 1.29 is 4.79 Å². The Labute approximate surface area is 126 Å². The zero-order valence-corrected chi connectivity index (χ0v) is 12.2. The van der Waals surface area contributed by atoms with Crippen LogP contribution in [0.1, 0.15) is 40.2 Å². The van der Waals surface area contributed by atoms with Gasteiger partial charge in [-0.05, 0) is 24.3 Å². The van der Waals surface area contributed by atoms with Crippen LogP contribution in [0, 0.1) is 0 Å². The third kappa shape index (κ3) is 3.79. The van der Waals surface area contributed by atoms with Gasteiger partial charge in [0.2, 0.25) is 0 Å². The maximum Gasteiger partial charge on any atom is 0.193 e. The van der Waals surface area contributed by atoms with Gasteiger partial charge in [0.1, 0.15) is 0 Å². The van der Waals surface area contributed by atoms with Crippen LogP contribution in [0.4, 0.5) is 0 Å². The summed E-state index contributed by atoms with van der Waals surface area (Å²) in [6.45, 7) is 7.61. The first kappa shape index (κ1) is 15.0. The highest BCUT2D eigenvalue weighted by Gasteiger charge is 2.11. The molecule has 0 N–H and O–H groups in total. The number of carbonyl (C=O) groups excluding carboxylic acids is 1. The fraction of sp³-hybridized carbons (Fsp3) is 0.150. The molecule has 0 unspecified atom stereocenters. The largest absolute Gasteiger partial charge is 0.289 e. The van der Waals surface area contributed by atoms with Gasteiger partial charge in [-0.2, -0.15) is 0 Å². The van der Waals surface area contributed by atoms with Crippen molar-refractivity contribution in [3.8, 4) is 0 Å². The molecule has 0 aliphatic rings. The molecular formula is C20H20O. The molecule has 1 nitrogen and oxygen atoms in total. The molecule has 0 saturated heterocycles. The first-order valence-corrected chi connectivity index (χ1v) is 7.17. The van der Waals surface area contributed by atoms with Gasteiger partial charge in [0, 0.05) is 11.1 Å². The van der Waals surface area contributed by atoms with E-state index in [1.807, 2.05) is 66.7 Å². The van der Waals surface area contributed by atoms with E-state index >= 15 is 0 Å². The van der Waals surface area contributed by atoms with Crippen molar-refractivity contribution in [1.82, 2.24) is 0 Å². The van der Waals surface area contributed by atoms with E-state index in [2.05, 4.69) is 13.2 Å². The second kappa shape index (κ2) is 7.39. The predicted molar refractivity (Wildman–Crippen MR) is 88.7 cm³/mol. The third-order valence-corrected chi connectivity index (χ3v) is 3.58. The summed E-state index contributed by atoms with van der Waals surface area (Å²) in [7, 11) is 0. The molecule has 0 radical (unpaired) electrons. The van der Waals surface area contributed by atoms with Gasteiger partial charge in [-0.25, -0.2) is 0 Å². The van der Waals surface area contributed by atoms with Crippen molar-refractivity contribution in [3.63, 3.8) is 0 Å². The van der Waals surface area contributed by atoms with Crippen LogP contribution in [0.25, 0.3) is 0 Å². The lowest BCUT2D eigenvalue weighted by Crippen LogP contribution is -2.02. The number of hydrogen-bond acceptors (Lipinski definition) is 1. The van der Waals surface area contributed by atoms with Gasteiger partial charge in [0.25, 0.3) is 0 Å². The van der Waals surface area contributed by atoms with Gasteiger partial charge in [-0.3, -0.25) is 4.79 Å². The van der Waals surface area contributed by atoms with E-state index in [1.54, 1.807) is 0 Å². The summed E-state index contributed by atoms with van der Waals surface area (Å²) in [4.78, 5) is 12.3. The van der Waals surface area contributed by atoms with Crippen LogP contribution in [0.5, 0.6) is 0 Å². The number of rotatable bonds is 7. The average molecular weight is 276 g/mol. The minimum atomic E-state index is 0.0612. The van der Waals surface area contributed by atoms with Gasteiger partial charge >= 0.3 is 0 Å². The lowest BCUT2D eigenvalue weighted by atomic mass is 9.91. The van der Waals surface area contributed by atoms with Crippen LogP contribution in [0.3, 0.4) is 0 Å². The van der Waals surface area contributed by atoms with Crippen molar-refractivity contribution in [3.05, 3.63) is 96.6 Å². The van der Waals surface area contributed by atoms with Crippen LogP contribution in [-0.4, -0.2) is 5.78 Å². The Kier molecular flexibility index (Phi) is 5.28. The SMILES string of the molecule is C=CCC(CC=C)c1ccc(C(=O)c2ccccc2)cc1. The van der Waals surface area contributed by atoms with E-state index in [-0.39, 0.29) is 5.78 Å². The Hall–Kier alpha value is -2.41. The van der Waals surface area contributed by atoms with E-state index in [9.17, 15) is 4.79 Å². The number of benzene rings is 2. The minimum absolute atomic E-state index is 0.0612. The number of carbonyl (C=O) groups is 1. The summed E-state index contributed by atoms with van der Waals surface area (Å²) in [6, 6.07) is 17.2. The van der Waals surface area contributed by atoms with Crippen LogP contribution >= 0.6 is 0 Å². The number of ketones is 1. The summed E-state index contributed by atoms with van der Waals surface area (Å²) in [5, 5.41) is 0. The van der Waals surface area contributed by atoms with Crippen molar-refractivity contribution >= 4 is 5.78 Å². The molecule has 0 aromatic heterocycles. The smallest absolute Gasteiger partial charge is 0.193 e. The summed E-state index contributed by atoms with van der Waals surface area (Å²) < 4.78 is 0. The van der Waals surface area contributed by atoms with E-state index in [0.717, 1.165) is 24.0 Å². The highest BCUT2D eigenvalue weighted by molar-refractivity contribution is 6.08. The molecule has 2 aromatic rings. The molecule has 0 saturated carbocycles. The Morgan fingerprint density at radius 2 is 1.38 bits per heavy atom. The normalized spacial score (nSPS) is 10.3. The number of allylic oxidation sites excluding steroid dienone is 2. The molecule has 2 aromatic carbocycles. The maximum absolute atomic E-state index is 12.3. The van der Waals surface area contributed by atoms with Gasteiger partial charge in [0.05, 0.1) is 0 Å². The topological polar surface area (TPSA) is 17.1 Å². The second-order valence-electron chi connectivity index (χ2n) is 5.06. The highest BCUT2D eigenvalue weighted by Crippen LogP contribution is 2.25. The van der Waals surface area contributed by atoms with E-state index in [1.165, 1.54) is 5.56 Å². The molecule has 0 bridgehead atoms. The van der Waals surface area contributed by atoms with Crippen molar-refractivity contribution in [2.75, 3.05) is 0 Å². The molecule has 2 rings (SSSR count). The summed E-state index contributed by atoms with van der Waals surface area (Å²) in [5.41, 5.74) is 2.67. The van der Waals surface area contributed by atoms with Crippen LogP contribution in [0.15, 0.2) is 79.9 Å². The van der Waals surface area contributed by atoms with Crippen LogP contribution in [0.2, 0.25) is 0 Å². The third-order valence-electron chi connectivity index (χ3n) is 3.58. The fourth-order valence-electron chi connectivity index (χ4n) is 2.43. The van der Waals surface area contributed by atoms with Gasteiger partial charge in [0.15, 0.2) is 5.78 Å².